The van der Waals surface area contributed by atoms with Gasteiger partial charge in [-0.25, -0.2) is 8.42 Å². The van der Waals surface area contributed by atoms with Crippen LogP contribution in [0.4, 0.5) is 5.69 Å². The third-order valence-corrected chi connectivity index (χ3v) is 5.06. The van der Waals surface area contributed by atoms with Crippen molar-refractivity contribution in [2.75, 3.05) is 25.5 Å². The van der Waals surface area contributed by atoms with E-state index in [1.54, 1.807) is 16.4 Å². The minimum Gasteiger partial charge on any atom is -0.388 e. The smallest absolute Gasteiger partial charge is 0.243 e. The van der Waals surface area contributed by atoms with Gasteiger partial charge in [-0.05, 0) is 43.5 Å². The molecule has 1 fully saturated rings. The lowest BCUT2D eigenvalue weighted by Crippen LogP contribution is -2.27. The summed E-state index contributed by atoms with van der Waals surface area (Å²) in [5, 5.41) is 3.04. The Labute approximate surface area is 103 Å². The molecule has 5 heteroatoms. The Kier molecular flexibility index (Phi) is 3.40. The predicted molar refractivity (Wildman–Crippen MR) is 68.7 cm³/mol. The Morgan fingerprint density at radius 2 is 1.88 bits per heavy atom. The second-order valence-corrected chi connectivity index (χ2v) is 6.28. The Morgan fingerprint density at radius 3 is 2.41 bits per heavy atom. The summed E-state index contributed by atoms with van der Waals surface area (Å²) in [5.41, 5.74) is 1.91. The van der Waals surface area contributed by atoms with Gasteiger partial charge in [0.15, 0.2) is 0 Å². The molecule has 2 rings (SSSR count). The fourth-order valence-electron chi connectivity index (χ4n) is 2.15. The van der Waals surface area contributed by atoms with Gasteiger partial charge < -0.3 is 5.32 Å². The summed E-state index contributed by atoms with van der Waals surface area (Å²) in [6, 6.07) is 5.23. The largest absolute Gasteiger partial charge is 0.388 e. The van der Waals surface area contributed by atoms with Crippen LogP contribution in [0.5, 0.6) is 0 Å². The summed E-state index contributed by atoms with van der Waals surface area (Å²) in [6.07, 6.45) is 1.93. The minimum absolute atomic E-state index is 0.399. The number of aryl methyl sites for hydroxylation is 1. The summed E-state index contributed by atoms with van der Waals surface area (Å²) in [6.45, 7) is 3.21. The lowest BCUT2D eigenvalue weighted by molar-refractivity contribution is 0.477. The number of rotatable bonds is 3. The zero-order chi connectivity index (χ0) is 12.5. The molecule has 0 unspecified atom stereocenters. The van der Waals surface area contributed by atoms with Crippen LogP contribution in [0.1, 0.15) is 18.4 Å². The highest BCUT2D eigenvalue weighted by Crippen LogP contribution is 2.24. The van der Waals surface area contributed by atoms with E-state index in [1.807, 2.05) is 20.0 Å². The average Bonchev–Trinajstić information content (AvgIpc) is 2.83. The van der Waals surface area contributed by atoms with Crippen LogP contribution < -0.4 is 5.32 Å². The molecule has 1 heterocycles. The third kappa shape index (κ3) is 2.30. The first-order valence-electron chi connectivity index (χ1n) is 5.84. The van der Waals surface area contributed by atoms with Crippen LogP contribution >= 0.6 is 0 Å². The van der Waals surface area contributed by atoms with Gasteiger partial charge in [0.1, 0.15) is 0 Å². The van der Waals surface area contributed by atoms with Gasteiger partial charge >= 0.3 is 0 Å². The van der Waals surface area contributed by atoms with Crippen LogP contribution in [-0.4, -0.2) is 32.9 Å². The van der Waals surface area contributed by atoms with Crippen LogP contribution in [0.25, 0.3) is 0 Å². The molecule has 1 saturated heterocycles. The van der Waals surface area contributed by atoms with Gasteiger partial charge in [-0.1, -0.05) is 0 Å². The number of sulfonamides is 1. The lowest BCUT2D eigenvalue weighted by atomic mass is 10.2. The molecule has 4 nitrogen and oxygen atoms in total. The van der Waals surface area contributed by atoms with E-state index >= 15 is 0 Å². The second-order valence-electron chi connectivity index (χ2n) is 4.34. The van der Waals surface area contributed by atoms with Crippen LogP contribution in [0.3, 0.4) is 0 Å². The molecule has 94 valence electrons. The molecular weight excluding hydrogens is 236 g/mol. The summed E-state index contributed by atoms with van der Waals surface area (Å²) in [4.78, 5) is 0.399. The zero-order valence-corrected chi connectivity index (χ0v) is 11.0. The van der Waals surface area contributed by atoms with E-state index in [4.69, 9.17) is 0 Å². The number of hydrogen-bond acceptors (Lipinski definition) is 3. The van der Waals surface area contributed by atoms with E-state index in [0.29, 0.717) is 18.0 Å². The van der Waals surface area contributed by atoms with Crippen LogP contribution in [-0.2, 0) is 10.0 Å². The molecule has 0 aromatic heterocycles. The van der Waals surface area contributed by atoms with Crippen LogP contribution in [0.15, 0.2) is 23.1 Å². The number of anilines is 1. The Bertz CT molecular complexity index is 505. The molecule has 0 atom stereocenters. The first-order chi connectivity index (χ1) is 8.05. The van der Waals surface area contributed by atoms with Gasteiger partial charge in [-0.15, -0.1) is 0 Å². The molecule has 1 aliphatic rings. The number of nitrogens with zero attached hydrogens (tertiary/aromatic N) is 1. The van der Waals surface area contributed by atoms with Crippen molar-refractivity contribution in [3.63, 3.8) is 0 Å². The summed E-state index contributed by atoms with van der Waals surface area (Å²) >= 11 is 0. The zero-order valence-electron chi connectivity index (χ0n) is 10.2. The quantitative estimate of drug-likeness (QED) is 0.895. The van der Waals surface area contributed by atoms with Crippen molar-refractivity contribution >= 4 is 15.7 Å². The van der Waals surface area contributed by atoms with Crippen molar-refractivity contribution < 1.29 is 8.42 Å². The van der Waals surface area contributed by atoms with Crippen molar-refractivity contribution in [1.82, 2.24) is 4.31 Å². The molecular formula is C12H18N2O2S. The molecule has 1 aromatic carbocycles. The molecule has 17 heavy (non-hydrogen) atoms. The normalized spacial score (nSPS) is 17.3. The monoisotopic (exact) mass is 254 g/mol. The van der Waals surface area contributed by atoms with E-state index in [9.17, 15) is 8.42 Å². The molecule has 0 amide bonds. The van der Waals surface area contributed by atoms with Crippen LogP contribution in [0.2, 0.25) is 0 Å². The summed E-state index contributed by atoms with van der Waals surface area (Å²) in [7, 11) is -1.45. The molecule has 1 N–H and O–H groups in total. The first-order valence-corrected chi connectivity index (χ1v) is 7.28. The number of hydrogen-bond donors (Lipinski definition) is 1. The SMILES string of the molecule is CNc1ccc(S(=O)(=O)N2CCCC2)cc1C. The molecule has 0 bridgehead atoms. The predicted octanol–water partition coefficient (Wildman–Crippen LogP) is 1.82. The Balaban J connectivity index is 2.36. The molecule has 1 aromatic rings. The van der Waals surface area contributed by atoms with Crippen molar-refractivity contribution in [2.24, 2.45) is 0 Å². The lowest BCUT2D eigenvalue weighted by Gasteiger charge is -2.16. The Hall–Kier alpha value is -1.07. The first kappa shape index (κ1) is 12.4. The van der Waals surface area contributed by atoms with E-state index in [2.05, 4.69) is 5.32 Å². The topological polar surface area (TPSA) is 49.4 Å². The molecule has 0 spiro atoms. The number of benzene rings is 1. The van der Waals surface area contributed by atoms with E-state index < -0.39 is 10.0 Å². The number of nitrogens with one attached hydrogen (secondary N) is 1. The van der Waals surface area contributed by atoms with Gasteiger partial charge in [0.25, 0.3) is 0 Å². The van der Waals surface area contributed by atoms with Gasteiger partial charge in [-0.3, -0.25) is 0 Å². The fourth-order valence-corrected chi connectivity index (χ4v) is 3.76. The average molecular weight is 254 g/mol. The molecule has 1 aliphatic heterocycles. The van der Waals surface area contributed by atoms with Gasteiger partial charge in [-0.2, -0.15) is 4.31 Å². The van der Waals surface area contributed by atoms with E-state index in [-0.39, 0.29) is 0 Å². The van der Waals surface area contributed by atoms with E-state index in [0.717, 1.165) is 24.1 Å². The highest BCUT2D eigenvalue weighted by molar-refractivity contribution is 7.89. The van der Waals surface area contributed by atoms with Crippen molar-refractivity contribution in [1.29, 1.82) is 0 Å². The van der Waals surface area contributed by atoms with E-state index in [1.165, 1.54) is 0 Å². The van der Waals surface area contributed by atoms with Gasteiger partial charge in [0, 0.05) is 25.8 Å². The van der Waals surface area contributed by atoms with Gasteiger partial charge in [0.2, 0.25) is 10.0 Å². The van der Waals surface area contributed by atoms with Crippen LogP contribution in [0, 0.1) is 6.92 Å². The standard InChI is InChI=1S/C12H18N2O2S/c1-10-9-11(5-6-12(10)13-2)17(15,16)14-7-3-4-8-14/h5-6,9,13H,3-4,7-8H2,1-2H3. The highest BCUT2D eigenvalue weighted by Gasteiger charge is 2.27. The molecule has 0 aliphatic carbocycles. The van der Waals surface area contributed by atoms with Crippen molar-refractivity contribution in [3.05, 3.63) is 23.8 Å². The minimum atomic E-state index is -3.28. The molecule has 0 radical (unpaired) electrons. The van der Waals surface area contributed by atoms with Crippen molar-refractivity contribution in [3.8, 4) is 0 Å². The summed E-state index contributed by atoms with van der Waals surface area (Å²) < 4.78 is 26.2. The molecule has 0 saturated carbocycles. The fraction of sp³-hybridized carbons (Fsp3) is 0.500. The second kappa shape index (κ2) is 4.66. The highest BCUT2D eigenvalue weighted by atomic mass is 32.2. The Morgan fingerprint density at radius 1 is 1.24 bits per heavy atom. The van der Waals surface area contributed by atoms with Gasteiger partial charge in [0.05, 0.1) is 4.90 Å². The summed E-state index contributed by atoms with van der Waals surface area (Å²) in [5.74, 6) is 0. The third-order valence-electron chi connectivity index (χ3n) is 3.17. The maximum absolute atomic E-state index is 12.3. The maximum atomic E-state index is 12.3. The van der Waals surface area contributed by atoms with Crippen molar-refractivity contribution in [2.45, 2.75) is 24.7 Å². The maximum Gasteiger partial charge on any atom is 0.243 e.